The van der Waals surface area contributed by atoms with Crippen LogP contribution in [0.4, 0.5) is 13.2 Å². The number of hydrogen-bond acceptors (Lipinski definition) is 1. The lowest BCUT2D eigenvalue weighted by Crippen LogP contribution is -2.17. The van der Waals surface area contributed by atoms with Crippen molar-refractivity contribution in [1.29, 1.82) is 0 Å². The highest BCUT2D eigenvalue weighted by Gasteiger charge is 2.32. The van der Waals surface area contributed by atoms with Crippen LogP contribution >= 0.6 is 27.5 Å². The van der Waals surface area contributed by atoms with Crippen molar-refractivity contribution in [3.05, 3.63) is 28.8 Å². The summed E-state index contributed by atoms with van der Waals surface area (Å²) in [7, 11) is 0. The molecule has 1 aromatic carbocycles. The lowest BCUT2D eigenvalue weighted by atomic mass is 10.2. The summed E-state index contributed by atoms with van der Waals surface area (Å²) in [6, 6.07) is 4.26. The van der Waals surface area contributed by atoms with Gasteiger partial charge in [-0.3, -0.25) is 0 Å². The Balaban J connectivity index is 3.01. The first-order chi connectivity index (χ1) is 6.79. The third kappa shape index (κ3) is 3.91. The van der Waals surface area contributed by atoms with Crippen LogP contribution in [0, 0.1) is 0 Å². The van der Waals surface area contributed by atoms with Crippen LogP contribution in [0.5, 0.6) is 5.75 Å². The molecule has 15 heavy (non-hydrogen) atoms. The summed E-state index contributed by atoms with van der Waals surface area (Å²) < 4.78 is 39.7. The van der Waals surface area contributed by atoms with E-state index in [1.807, 2.05) is 0 Å². The summed E-state index contributed by atoms with van der Waals surface area (Å²) in [5.74, 6) is -0.382. The number of halogens is 5. The highest BCUT2D eigenvalue weighted by Crippen LogP contribution is 2.34. The zero-order chi connectivity index (χ0) is 11.6. The molecule has 0 radical (unpaired) electrons. The molecule has 1 unspecified atom stereocenters. The average molecular weight is 304 g/mol. The SMILES string of the molecule is CC(Br)c1ccc(Cl)c(OC(F)(F)F)c1. The molecule has 0 spiro atoms. The van der Waals surface area contributed by atoms with Crippen LogP contribution in [-0.2, 0) is 0 Å². The van der Waals surface area contributed by atoms with Gasteiger partial charge in [0.1, 0.15) is 5.75 Å². The molecule has 0 fully saturated rings. The number of alkyl halides is 4. The Morgan fingerprint density at radius 2 is 2.00 bits per heavy atom. The maximum Gasteiger partial charge on any atom is 0.573 e. The molecular weight excluding hydrogens is 296 g/mol. The van der Waals surface area contributed by atoms with E-state index in [2.05, 4.69) is 20.7 Å². The van der Waals surface area contributed by atoms with Crippen molar-refractivity contribution in [3.8, 4) is 5.75 Å². The molecule has 0 heterocycles. The quantitative estimate of drug-likeness (QED) is 0.720. The van der Waals surface area contributed by atoms with Gasteiger partial charge >= 0.3 is 6.36 Å². The molecule has 0 N–H and O–H groups in total. The summed E-state index contributed by atoms with van der Waals surface area (Å²) in [6.07, 6.45) is -4.72. The van der Waals surface area contributed by atoms with Crippen molar-refractivity contribution in [3.63, 3.8) is 0 Å². The van der Waals surface area contributed by atoms with Gasteiger partial charge in [0, 0.05) is 4.83 Å². The Morgan fingerprint density at radius 1 is 1.40 bits per heavy atom. The van der Waals surface area contributed by atoms with Crippen LogP contribution < -0.4 is 4.74 Å². The smallest absolute Gasteiger partial charge is 0.404 e. The molecular formula is C9H7BrClF3O. The van der Waals surface area contributed by atoms with Crippen molar-refractivity contribution >= 4 is 27.5 Å². The second-order valence-electron chi connectivity index (χ2n) is 2.85. The summed E-state index contributed by atoms with van der Waals surface area (Å²) in [5, 5.41) is -0.0655. The lowest BCUT2D eigenvalue weighted by molar-refractivity contribution is -0.274. The van der Waals surface area contributed by atoms with E-state index in [9.17, 15) is 13.2 Å². The molecule has 1 rings (SSSR count). The fourth-order valence-electron chi connectivity index (χ4n) is 0.970. The van der Waals surface area contributed by atoms with E-state index in [0.29, 0.717) is 5.56 Å². The van der Waals surface area contributed by atoms with Gasteiger partial charge in [0.2, 0.25) is 0 Å². The molecule has 0 bridgehead atoms. The van der Waals surface area contributed by atoms with Crippen LogP contribution in [0.25, 0.3) is 0 Å². The van der Waals surface area contributed by atoms with Crippen LogP contribution in [0.2, 0.25) is 5.02 Å². The van der Waals surface area contributed by atoms with E-state index in [4.69, 9.17) is 11.6 Å². The van der Waals surface area contributed by atoms with Gasteiger partial charge < -0.3 is 4.74 Å². The number of rotatable bonds is 2. The van der Waals surface area contributed by atoms with Crippen LogP contribution in [0.15, 0.2) is 18.2 Å². The van der Waals surface area contributed by atoms with Crippen molar-refractivity contribution in [2.45, 2.75) is 18.1 Å². The molecule has 1 nitrogen and oxygen atoms in total. The van der Waals surface area contributed by atoms with E-state index in [1.54, 1.807) is 13.0 Å². The van der Waals surface area contributed by atoms with Gasteiger partial charge in [-0.1, -0.05) is 33.6 Å². The fraction of sp³-hybridized carbons (Fsp3) is 0.333. The Labute approximate surface area is 98.3 Å². The minimum Gasteiger partial charge on any atom is -0.404 e. The molecule has 0 saturated carbocycles. The van der Waals surface area contributed by atoms with Gasteiger partial charge in [0.25, 0.3) is 0 Å². The van der Waals surface area contributed by atoms with Crippen molar-refractivity contribution in [1.82, 2.24) is 0 Å². The zero-order valence-corrected chi connectivity index (χ0v) is 9.95. The van der Waals surface area contributed by atoms with Gasteiger partial charge in [-0.15, -0.1) is 13.2 Å². The maximum absolute atomic E-state index is 12.0. The number of hydrogen-bond donors (Lipinski definition) is 0. The van der Waals surface area contributed by atoms with Gasteiger partial charge in [-0.25, -0.2) is 0 Å². The van der Waals surface area contributed by atoms with Gasteiger partial charge in [-0.2, -0.15) is 0 Å². The van der Waals surface area contributed by atoms with Crippen molar-refractivity contribution in [2.75, 3.05) is 0 Å². The Hall–Kier alpha value is -0.420. The first kappa shape index (κ1) is 12.6. The van der Waals surface area contributed by atoms with Crippen LogP contribution in [-0.4, -0.2) is 6.36 Å². The van der Waals surface area contributed by atoms with E-state index in [-0.39, 0.29) is 15.6 Å². The minimum absolute atomic E-state index is 0.0645. The monoisotopic (exact) mass is 302 g/mol. The standard InChI is InChI=1S/C9H7BrClF3O/c1-5(10)6-2-3-7(11)8(4-6)15-9(12,13)14/h2-5H,1H3. The topological polar surface area (TPSA) is 9.23 Å². The van der Waals surface area contributed by atoms with Gasteiger partial charge in [0.05, 0.1) is 5.02 Å². The van der Waals surface area contributed by atoms with E-state index < -0.39 is 6.36 Å². The third-order valence-corrected chi connectivity index (χ3v) is 2.48. The number of benzene rings is 1. The molecule has 0 amide bonds. The molecule has 0 aliphatic carbocycles. The van der Waals surface area contributed by atoms with Crippen molar-refractivity contribution < 1.29 is 17.9 Å². The predicted octanol–water partition coefficient (Wildman–Crippen LogP) is 4.69. The largest absolute Gasteiger partial charge is 0.573 e. The Kier molecular flexibility index (Phi) is 3.89. The second kappa shape index (κ2) is 4.61. The third-order valence-electron chi connectivity index (χ3n) is 1.64. The summed E-state index contributed by atoms with van der Waals surface area (Å²) in [6.45, 7) is 1.79. The van der Waals surface area contributed by atoms with Crippen LogP contribution in [0.1, 0.15) is 17.3 Å². The highest BCUT2D eigenvalue weighted by molar-refractivity contribution is 9.09. The molecule has 0 aromatic heterocycles. The summed E-state index contributed by atoms with van der Waals surface area (Å²) >= 11 is 8.81. The van der Waals surface area contributed by atoms with Gasteiger partial charge in [-0.05, 0) is 24.6 Å². The molecule has 0 aliphatic heterocycles. The van der Waals surface area contributed by atoms with Gasteiger partial charge in [0.15, 0.2) is 0 Å². The molecule has 1 aromatic rings. The lowest BCUT2D eigenvalue weighted by Gasteiger charge is -2.12. The normalized spacial score (nSPS) is 13.7. The molecule has 84 valence electrons. The van der Waals surface area contributed by atoms with E-state index >= 15 is 0 Å². The number of ether oxygens (including phenoxy) is 1. The van der Waals surface area contributed by atoms with E-state index in [0.717, 1.165) is 0 Å². The Morgan fingerprint density at radius 3 is 2.47 bits per heavy atom. The first-order valence-electron chi connectivity index (χ1n) is 3.99. The minimum atomic E-state index is -4.72. The second-order valence-corrected chi connectivity index (χ2v) is 4.63. The highest BCUT2D eigenvalue weighted by atomic mass is 79.9. The Bertz CT molecular complexity index is 352. The van der Waals surface area contributed by atoms with Crippen molar-refractivity contribution in [2.24, 2.45) is 0 Å². The molecule has 0 saturated heterocycles. The summed E-state index contributed by atoms with van der Waals surface area (Å²) in [4.78, 5) is -0.0645. The van der Waals surface area contributed by atoms with E-state index in [1.165, 1.54) is 12.1 Å². The fourth-order valence-corrected chi connectivity index (χ4v) is 1.41. The summed E-state index contributed by atoms with van der Waals surface area (Å²) in [5.41, 5.74) is 0.665. The molecule has 1 atom stereocenters. The average Bonchev–Trinajstić information content (AvgIpc) is 2.06. The molecule has 6 heteroatoms. The zero-order valence-electron chi connectivity index (χ0n) is 7.61. The van der Waals surface area contributed by atoms with Crippen LogP contribution in [0.3, 0.4) is 0 Å². The first-order valence-corrected chi connectivity index (χ1v) is 5.28. The predicted molar refractivity (Wildman–Crippen MR) is 55.5 cm³/mol. The molecule has 0 aliphatic rings. The maximum atomic E-state index is 12.0.